The number of hydrogen-bond acceptors (Lipinski definition) is 5. The number of hydrogen-bond donors (Lipinski definition) is 4. The molecule has 0 aliphatic heterocycles. The van der Waals surface area contributed by atoms with Gasteiger partial charge in [-0.3, -0.25) is 4.68 Å². The van der Waals surface area contributed by atoms with Gasteiger partial charge in [0.15, 0.2) is 0 Å². The van der Waals surface area contributed by atoms with Crippen molar-refractivity contribution in [2.75, 3.05) is 19.8 Å². The van der Waals surface area contributed by atoms with Crippen molar-refractivity contribution in [3.63, 3.8) is 0 Å². The zero-order chi connectivity index (χ0) is 12.2. The van der Waals surface area contributed by atoms with E-state index in [1.54, 1.807) is 10.9 Å². The Hall–Kier alpha value is -0.950. The van der Waals surface area contributed by atoms with Crippen LogP contribution in [0.1, 0.15) is 11.3 Å². The van der Waals surface area contributed by atoms with Crippen LogP contribution < -0.4 is 5.32 Å². The highest BCUT2D eigenvalue weighted by molar-refractivity contribution is 5.16. The first kappa shape index (κ1) is 13.1. The summed E-state index contributed by atoms with van der Waals surface area (Å²) in [6, 6.07) is 0. The molecule has 92 valence electrons. The van der Waals surface area contributed by atoms with Crippen molar-refractivity contribution in [3.8, 4) is 0 Å². The van der Waals surface area contributed by atoms with E-state index in [0.29, 0.717) is 6.54 Å². The average Bonchev–Trinajstić information content (AvgIpc) is 2.63. The smallest absolute Gasteiger partial charge is 0.0884 e. The summed E-state index contributed by atoms with van der Waals surface area (Å²) in [6.45, 7) is 1.42. The summed E-state index contributed by atoms with van der Waals surface area (Å²) in [5.74, 6) is 0. The molecule has 6 nitrogen and oxygen atoms in total. The maximum Gasteiger partial charge on any atom is 0.0884 e. The number of rotatable bonds is 6. The van der Waals surface area contributed by atoms with E-state index in [4.69, 9.17) is 15.3 Å². The van der Waals surface area contributed by atoms with E-state index >= 15 is 0 Å². The van der Waals surface area contributed by atoms with Gasteiger partial charge in [0.2, 0.25) is 0 Å². The van der Waals surface area contributed by atoms with Gasteiger partial charge < -0.3 is 20.6 Å². The van der Waals surface area contributed by atoms with Crippen molar-refractivity contribution < 1.29 is 15.3 Å². The molecule has 0 aliphatic carbocycles. The summed E-state index contributed by atoms with van der Waals surface area (Å²) in [5, 5.41) is 34.4. The maximum atomic E-state index is 9.13. The fraction of sp³-hybridized carbons (Fsp3) is 0.700. The van der Waals surface area contributed by atoms with Gasteiger partial charge in [0.1, 0.15) is 0 Å². The number of aromatic nitrogens is 2. The Bertz CT molecular complexity index is 326. The van der Waals surface area contributed by atoms with Gasteiger partial charge in [0.05, 0.1) is 31.6 Å². The Labute approximate surface area is 94.5 Å². The number of aryl methyl sites for hydroxylation is 1. The molecule has 1 rings (SSSR count). The highest BCUT2D eigenvalue weighted by Gasteiger charge is 2.27. The topological polar surface area (TPSA) is 90.5 Å². The molecule has 0 saturated heterocycles. The van der Waals surface area contributed by atoms with E-state index in [1.165, 1.54) is 0 Å². The second kappa shape index (κ2) is 5.40. The predicted octanol–water partition coefficient (Wildman–Crippen LogP) is -1.47. The molecule has 0 amide bonds. The highest BCUT2D eigenvalue weighted by Crippen LogP contribution is 2.08. The molecule has 0 radical (unpaired) electrons. The summed E-state index contributed by atoms with van der Waals surface area (Å²) < 4.78 is 1.75. The molecule has 0 saturated carbocycles. The molecule has 0 aromatic carbocycles. The third kappa shape index (κ3) is 2.59. The largest absolute Gasteiger partial charge is 0.394 e. The molecule has 1 aromatic heterocycles. The Morgan fingerprint density at radius 3 is 2.25 bits per heavy atom. The van der Waals surface area contributed by atoms with Gasteiger partial charge in [0, 0.05) is 24.8 Å². The Balaban J connectivity index is 2.66. The Kier molecular flexibility index (Phi) is 4.43. The zero-order valence-electron chi connectivity index (χ0n) is 9.64. The fourth-order valence-electron chi connectivity index (χ4n) is 1.32. The van der Waals surface area contributed by atoms with Crippen LogP contribution in [0, 0.1) is 6.92 Å². The third-order valence-electron chi connectivity index (χ3n) is 2.90. The molecule has 0 spiro atoms. The molecule has 0 fully saturated rings. The lowest BCUT2D eigenvalue weighted by molar-refractivity contribution is 0.0413. The molecule has 4 N–H and O–H groups in total. The second-order valence-corrected chi connectivity index (χ2v) is 3.99. The molecule has 0 bridgehead atoms. The molecule has 0 atom stereocenters. The van der Waals surface area contributed by atoms with Crippen LogP contribution in [0.4, 0.5) is 0 Å². The quantitative estimate of drug-likeness (QED) is 0.478. The minimum atomic E-state index is -1.04. The molecule has 1 aromatic rings. The summed E-state index contributed by atoms with van der Waals surface area (Å²) in [6.07, 6.45) is 1.72. The first-order chi connectivity index (χ1) is 7.58. The predicted molar refractivity (Wildman–Crippen MR) is 58.8 cm³/mol. The molecule has 16 heavy (non-hydrogen) atoms. The van der Waals surface area contributed by atoms with Crippen molar-refractivity contribution in [2.45, 2.75) is 19.0 Å². The summed E-state index contributed by atoms with van der Waals surface area (Å²) in [4.78, 5) is 0. The average molecular weight is 229 g/mol. The van der Waals surface area contributed by atoms with Gasteiger partial charge in [-0.1, -0.05) is 0 Å². The first-order valence-corrected chi connectivity index (χ1v) is 5.13. The van der Waals surface area contributed by atoms with Crippen molar-refractivity contribution in [2.24, 2.45) is 7.05 Å². The van der Waals surface area contributed by atoms with Gasteiger partial charge in [-0.05, 0) is 6.92 Å². The minimum absolute atomic E-state index is 0.320. The highest BCUT2D eigenvalue weighted by atomic mass is 16.3. The van der Waals surface area contributed by atoms with Crippen LogP contribution in [0.2, 0.25) is 0 Å². The van der Waals surface area contributed by atoms with Crippen LogP contribution >= 0.6 is 0 Å². The van der Waals surface area contributed by atoms with Crippen LogP contribution in [0.25, 0.3) is 0 Å². The molecular weight excluding hydrogens is 210 g/mol. The lowest BCUT2D eigenvalue weighted by Crippen LogP contribution is -2.54. The fourth-order valence-corrected chi connectivity index (χ4v) is 1.32. The number of aliphatic hydroxyl groups is 3. The summed E-state index contributed by atoms with van der Waals surface area (Å²) in [5.41, 5.74) is 0.944. The van der Waals surface area contributed by atoms with Crippen molar-refractivity contribution in [3.05, 3.63) is 17.5 Å². The van der Waals surface area contributed by atoms with Gasteiger partial charge in [0.25, 0.3) is 0 Å². The first-order valence-electron chi connectivity index (χ1n) is 5.13. The normalized spacial score (nSPS) is 12.1. The van der Waals surface area contributed by atoms with E-state index in [9.17, 15) is 0 Å². The molecular formula is C10H19N3O3. The Morgan fingerprint density at radius 2 is 1.88 bits per heavy atom. The van der Waals surface area contributed by atoms with Crippen LogP contribution in [-0.2, 0) is 13.6 Å². The minimum Gasteiger partial charge on any atom is -0.394 e. The zero-order valence-corrected chi connectivity index (χ0v) is 9.64. The van der Waals surface area contributed by atoms with E-state index in [2.05, 4.69) is 10.4 Å². The van der Waals surface area contributed by atoms with Crippen LogP contribution in [-0.4, -0.2) is 50.5 Å². The van der Waals surface area contributed by atoms with E-state index < -0.39 is 5.54 Å². The van der Waals surface area contributed by atoms with Crippen LogP contribution in [0.15, 0.2) is 6.20 Å². The number of nitrogens with zero attached hydrogens (tertiary/aromatic N) is 2. The van der Waals surface area contributed by atoms with Crippen LogP contribution in [0.5, 0.6) is 0 Å². The number of nitrogens with one attached hydrogen (secondary N) is 1. The standard InChI is InChI=1S/C10H19N3O3/c1-8-9(4-12-13(8)2)3-11-10(5-14,6-15)7-16/h4,11,14-16H,3,5-7H2,1-2H3. The van der Waals surface area contributed by atoms with Crippen molar-refractivity contribution in [1.82, 2.24) is 15.1 Å². The maximum absolute atomic E-state index is 9.13. The SMILES string of the molecule is Cc1c(CNC(CO)(CO)CO)cnn1C. The number of aliphatic hydroxyl groups excluding tert-OH is 3. The lowest BCUT2D eigenvalue weighted by atomic mass is 10.0. The van der Waals surface area contributed by atoms with E-state index in [1.807, 2.05) is 14.0 Å². The van der Waals surface area contributed by atoms with Crippen molar-refractivity contribution in [1.29, 1.82) is 0 Å². The molecule has 0 aliphatic rings. The lowest BCUT2D eigenvalue weighted by Gasteiger charge is -2.28. The van der Waals surface area contributed by atoms with Crippen molar-refractivity contribution >= 4 is 0 Å². The van der Waals surface area contributed by atoms with E-state index in [0.717, 1.165) is 11.3 Å². The third-order valence-corrected chi connectivity index (χ3v) is 2.90. The van der Waals surface area contributed by atoms with Crippen LogP contribution in [0.3, 0.4) is 0 Å². The molecule has 0 unspecified atom stereocenters. The van der Waals surface area contributed by atoms with Gasteiger partial charge in [-0.25, -0.2) is 0 Å². The van der Waals surface area contributed by atoms with E-state index in [-0.39, 0.29) is 19.8 Å². The molecule has 6 heteroatoms. The van der Waals surface area contributed by atoms with Gasteiger partial charge in [-0.2, -0.15) is 5.10 Å². The second-order valence-electron chi connectivity index (χ2n) is 3.99. The summed E-state index contributed by atoms with van der Waals surface area (Å²) >= 11 is 0. The summed E-state index contributed by atoms with van der Waals surface area (Å²) in [7, 11) is 1.84. The monoisotopic (exact) mass is 229 g/mol. The van der Waals surface area contributed by atoms with Gasteiger partial charge >= 0.3 is 0 Å². The van der Waals surface area contributed by atoms with Gasteiger partial charge in [-0.15, -0.1) is 0 Å². The molecule has 1 heterocycles. The Morgan fingerprint density at radius 1 is 1.31 bits per heavy atom.